The van der Waals surface area contributed by atoms with E-state index in [0.717, 1.165) is 54.0 Å². The third-order valence-electron chi connectivity index (χ3n) is 6.59. The number of carbonyl (C=O) groups is 1. The number of rotatable bonds is 7. The Kier molecular flexibility index (Phi) is 6.71. The molecule has 1 saturated carbocycles. The number of benzene rings is 2. The quantitative estimate of drug-likeness (QED) is 0.402. The van der Waals surface area contributed by atoms with Gasteiger partial charge in [0.05, 0.1) is 31.5 Å². The van der Waals surface area contributed by atoms with Crippen LogP contribution >= 0.6 is 0 Å². The highest BCUT2D eigenvalue weighted by molar-refractivity contribution is 5.94. The van der Waals surface area contributed by atoms with Crippen LogP contribution in [0.1, 0.15) is 41.9 Å². The Balaban J connectivity index is 1.25. The zero-order chi connectivity index (χ0) is 25.1. The molecule has 4 aromatic rings. The normalized spacial score (nSPS) is 17.5. The molecule has 9 nitrogen and oxygen atoms in total. The van der Waals surface area contributed by atoms with Crippen LogP contribution in [0.15, 0.2) is 54.7 Å². The van der Waals surface area contributed by atoms with E-state index in [-0.39, 0.29) is 18.0 Å². The van der Waals surface area contributed by atoms with E-state index >= 15 is 0 Å². The summed E-state index contributed by atoms with van der Waals surface area (Å²) in [6, 6.07) is 15.4. The predicted octanol–water partition coefficient (Wildman–Crippen LogP) is 4.29. The lowest BCUT2D eigenvalue weighted by atomic mass is 9.91. The van der Waals surface area contributed by atoms with Gasteiger partial charge in [-0.05, 0) is 75.1 Å². The van der Waals surface area contributed by atoms with Gasteiger partial charge in [0, 0.05) is 17.6 Å². The van der Waals surface area contributed by atoms with Crippen LogP contribution in [0.3, 0.4) is 0 Å². The van der Waals surface area contributed by atoms with E-state index in [0.29, 0.717) is 17.1 Å². The number of aromatic nitrogens is 4. The fourth-order valence-electron chi connectivity index (χ4n) is 4.65. The van der Waals surface area contributed by atoms with E-state index in [2.05, 4.69) is 25.7 Å². The zero-order valence-corrected chi connectivity index (χ0v) is 20.7. The Morgan fingerprint density at radius 1 is 0.944 bits per heavy atom. The highest BCUT2D eigenvalue weighted by Crippen LogP contribution is 2.28. The van der Waals surface area contributed by atoms with Gasteiger partial charge in [-0.15, -0.1) is 0 Å². The molecule has 2 aromatic carbocycles. The molecule has 0 atom stereocenters. The summed E-state index contributed by atoms with van der Waals surface area (Å²) < 4.78 is 12.3. The second-order valence-corrected chi connectivity index (χ2v) is 9.01. The maximum atomic E-state index is 12.7. The number of nitrogens with zero attached hydrogens (tertiary/aromatic N) is 4. The first kappa shape index (κ1) is 23.6. The van der Waals surface area contributed by atoms with E-state index in [1.807, 2.05) is 48.0 Å². The lowest BCUT2D eigenvalue weighted by Crippen LogP contribution is -2.40. The minimum atomic E-state index is -0.0654. The maximum absolute atomic E-state index is 12.7. The van der Waals surface area contributed by atoms with Crippen LogP contribution in [-0.4, -0.2) is 52.0 Å². The van der Waals surface area contributed by atoms with Crippen molar-refractivity contribution >= 4 is 22.8 Å². The Hall–Kier alpha value is -4.14. The molecule has 0 aliphatic heterocycles. The maximum Gasteiger partial charge on any atom is 0.251 e. The number of amides is 1. The smallest absolute Gasteiger partial charge is 0.251 e. The molecule has 186 valence electrons. The van der Waals surface area contributed by atoms with Crippen molar-refractivity contribution in [2.24, 2.45) is 0 Å². The first-order valence-corrected chi connectivity index (χ1v) is 12.1. The average molecular weight is 487 g/mol. The van der Waals surface area contributed by atoms with Crippen LogP contribution in [0.25, 0.3) is 16.7 Å². The summed E-state index contributed by atoms with van der Waals surface area (Å²) in [6.07, 6.45) is 5.46. The van der Waals surface area contributed by atoms with Gasteiger partial charge in [0.25, 0.3) is 5.91 Å². The Morgan fingerprint density at radius 2 is 1.67 bits per heavy atom. The molecule has 0 radical (unpaired) electrons. The van der Waals surface area contributed by atoms with Crippen molar-refractivity contribution in [3.63, 3.8) is 0 Å². The Bertz CT molecular complexity index is 1360. The van der Waals surface area contributed by atoms with Crippen molar-refractivity contribution in [3.05, 3.63) is 66.1 Å². The molecule has 1 aliphatic carbocycles. The van der Waals surface area contributed by atoms with Crippen molar-refractivity contribution in [2.75, 3.05) is 19.5 Å². The lowest BCUT2D eigenvalue weighted by molar-refractivity contribution is 0.0926. The fraction of sp³-hybridized carbons (Fsp3) is 0.333. The molecule has 9 heteroatoms. The zero-order valence-electron chi connectivity index (χ0n) is 20.7. The molecule has 1 aliphatic rings. The molecule has 0 bridgehead atoms. The molecule has 2 aromatic heterocycles. The van der Waals surface area contributed by atoms with E-state index < -0.39 is 0 Å². The Morgan fingerprint density at radius 3 is 2.39 bits per heavy atom. The average Bonchev–Trinajstić information content (AvgIpc) is 3.33. The first-order valence-electron chi connectivity index (χ1n) is 12.1. The number of nitrogens with one attached hydrogen (secondary N) is 2. The largest absolute Gasteiger partial charge is 0.497 e. The van der Waals surface area contributed by atoms with E-state index in [4.69, 9.17) is 9.47 Å². The van der Waals surface area contributed by atoms with E-state index in [1.54, 1.807) is 32.5 Å². The van der Waals surface area contributed by atoms with Crippen molar-refractivity contribution in [1.29, 1.82) is 0 Å². The molecular formula is C27H30N6O3. The lowest BCUT2D eigenvalue weighted by Gasteiger charge is -2.30. The molecule has 0 unspecified atom stereocenters. The van der Waals surface area contributed by atoms with Gasteiger partial charge in [-0.1, -0.05) is 6.07 Å². The third kappa shape index (κ3) is 4.95. The minimum absolute atomic E-state index is 0.0654. The number of aryl methyl sites for hydroxylation is 1. The molecular weight excluding hydrogens is 456 g/mol. The monoisotopic (exact) mass is 486 g/mol. The minimum Gasteiger partial charge on any atom is -0.497 e. The second kappa shape index (κ2) is 10.2. The number of hydrogen-bond donors (Lipinski definition) is 2. The van der Waals surface area contributed by atoms with Gasteiger partial charge in [-0.3, -0.25) is 4.79 Å². The molecule has 0 spiro atoms. The number of anilines is 1. The van der Waals surface area contributed by atoms with E-state index in [9.17, 15) is 4.79 Å². The van der Waals surface area contributed by atoms with Gasteiger partial charge in [0.15, 0.2) is 5.65 Å². The van der Waals surface area contributed by atoms with Gasteiger partial charge in [-0.2, -0.15) is 5.10 Å². The van der Waals surface area contributed by atoms with Gasteiger partial charge in [-0.25, -0.2) is 14.6 Å². The van der Waals surface area contributed by atoms with Crippen molar-refractivity contribution < 1.29 is 14.3 Å². The summed E-state index contributed by atoms with van der Waals surface area (Å²) in [6.45, 7) is 1.89. The standard InChI is InChI=1S/C27H30N6O3/c1-17-29-25(24-16-28-33(26(24)30-17)21-11-13-22(35-2)14-12-21)31-19-7-9-20(10-8-19)32-27(34)18-5-4-6-23(15-18)36-3/h4-6,11-16,19-20H,7-10H2,1-3H3,(H,32,34)(H,29,30,31). The highest BCUT2D eigenvalue weighted by atomic mass is 16.5. The Labute approximate surface area is 209 Å². The SMILES string of the molecule is COc1ccc(-n2ncc3c(NC4CCC(NC(=O)c5cccc(OC)c5)CC4)nc(C)nc32)cc1. The van der Waals surface area contributed by atoms with Crippen LogP contribution in [-0.2, 0) is 0 Å². The molecule has 1 amide bonds. The van der Waals surface area contributed by atoms with Gasteiger partial charge in [0.1, 0.15) is 23.1 Å². The van der Waals surface area contributed by atoms with E-state index in [1.165, 1.54) is 0 Å². The van der Waals surface area contributed by atoms with Crippen LogP contribution in [0, 0.1) is 6.92 Å². The van der Waals surface area contributed by atoms with Crippen LogP contribution in [0.4, 0.5) is 5.82 Å². The number of ether oxygens (including phenoxy) is 2. The highest BCUT2D eigenvalue weighted by Gasteiger charge is 2.24. The number of fused-ring (bicyclic) bond motifs is 1. The van der Waals surface area contributed by atoms with Crippen LogP contribution in [0.2, 0.25) is 0 Å². The summed E-state index contributed by atoms with van der Waals surface area (Å²) in [7, 11) is 3.25. The molecule has 2 heterocycles. The predicted molar refractivity (Wildman–Crippen MR) is 138 cm³/mol. The topological polar surface area (TPSA) is 103 Å². The molecule has 1 fully saturated rings. The molecule has 5 rings (SSSR count). The second-order valence-electron chi connectivity index (χ2n) is 9.01. The van der Waals surface area contributed by atoms with Gasteiger partial charge < -0.3 is 20.1 Å². The molecule has 2 N–H and O–H groups in total. The van der Waals surface area contributed by atoms with Gasteiger partial charge >= 0.3 is 0 Å². The van der Waals surface area contributed by atoms with Crippen LogP contribution < -0.4 is 20.1 Å². The number of methoxy groups -OCH3 is 2. The van der Waals surface area contributed by atoms with Gasteiger partial charge in [0.2, 0.25) is 0 Å². The van der Waals surface area contributed by atoms with Crippen LogP contribution in [0.5, 0.6) is 11.5 Å². The molecule has 0 saturated heterocycles. The summed E-state index contributed by atoms with van der Waals surface area (Å²) >= 11 is 0. The summed E-state index contributed by atoms with van der Waals surface area (Å²) in [5.41, 5.74) is 2.28. The van der Waals surface area contributed by atoms with Crippen molar-refractivity contribution in [2.45, 2.75) is 44.7 Å². The number of hydrogen-bond acceptors (Lipinski definition) is 7. The summed E-state index contributed by atoms with van der Waals surface area (Å²) in [4.78, 5) is 22.0. The number of carbonyl (C=O) groups excluding carboxylic acids is 1. The molecule has 36 heavy (non-hydrogen) atoms. The third-order valence-corrected chi connectivity index (χ3v) is 6.59. The fourth-order valence-corrected chi connectivity index (χ4v) is 4.65. The summed E-state index contributed by atoms with van der Waals surface area (Å²) in [5.74, 6) is 2.88. The first-order chi connectivity index (χ1) is 17.5. The summed E-state index contributed by atoms with van der Waals surface area (Å²) in [5, 5.41) is 12.2. The van der Waals surface area contributed by atoms with Crippen molar-refractivity contribution in [1.82, 2.24) is 25.1 Å². The van der Waals surface area contributed by atoms with Crippen molar-refractivity contribution in [3.8, 4) is 17.2 Å².